The second-order valence-corrected chi connectivity index (χ2v) is 17.7. The van der Waals surface area contributed by atoms with Crippen molar-refractivity contribution in [2.24, 2.45) is 11.3 Å². The van der Waals surface area contributed by atoms with Crippen LogP contribution in [0.2, 0.25) is 10.0 Å². The van der Waals surface area contributed by atoms with Crippen LogP contribution in [0.4, 0.5) is 13.2 Å². The monoisotopic (exact) mass is 903 g/mol. The Labute approximate surface area is 366 Å². The summed E-state index contributed by atoms with van der Waals surface area (Å²) in [4.78, 5) is 100. The van der Waals surface area contributed by atoms with Gasteiger partial charge in [0.1, 0.15) is 41.7 Å². The Morgan fingerprint density at radius 2 is 1.57 bits per heavy atom. The van der Waals surface area contributed by atoms with Crippen LogP contribution >= 0.6 is 23.2 Å². The molecule has 3 rings (SSSR count). The summed E-state index contributed by atoms with van der Waals surface area (Å²) < 4.78 is 42.7. The van der Waals surface area contributed by atoms with Crippen molar-refractivity contribution in [2.75, 3.05) is 27.7 Å². The molecular weight excluding hydrogens is 842 g/mol. The number of rotatable bonds is 11. The summed E-state index contributed by atoms with van der Waals surface area (Å²) in [6.45, 7) is 8.35. The van der Waals surface area contributed by atoms with Gasteiger partial charge < -0.3 is 36.0 Å². The Morgan fingerprint density at radius 1 is 0.934 bits per heavy atom. The number of halogens is 5. The molecule has 61 heavy (non-hydrogen) atoms. The molecule has 0 radical (unpaired) electrons. The fourth-order valence-corrected chi connectivity index (χ4v) is 8.34. The first-order valence-corrected chi connectivity index (χ1v) is 21.7. The molecule has 0 unspecified atom stereocenters. The summed E-state index contributed by atoms with van der Waals surface area (Å²) in [6, 6.07) is -2.47. The van der Waals surface area contributed by atoms with Crippen LogP contribution in [-0.2, 0) is 40.0 Å². The summed E-state index contributed by atoms with van der Waals surface area (Å²) in [6.07, 6.45) is -3.75. The summed E-state index contributed by atoms with van der Waals surface area (Å²) in [5.41, 5.74) is -2.15. The van der Waals surface area contributed by atoms with Gasteiger partial charge in [0.05, 0.1) is 0 Å². The number of hydrogen-bond donors (Lipinski definition) is 4. The molecule has 0 aromatic heterocycles. The van der Waals surface area contributed by atoms with Crippen molar-refractivity contribution in [3.63, 3.8) is 0 Å². The number of hydrogen-bond acceptors (Lipinski definition) is 7. The van der Waals surface area contributed by atoms with Gasteiger partial charge in [0, 0.05) is 44.2 Å². The number of likely N-dealkylation sites (N-methyl/N-ethyl adjacent to an activating group) is 3. The van der Waals surface area contributed by atoms with Crippen LogP contribution < -0.4 is 21.3 Å². The average molecular weight is 905 g/mol. The first kappa shape index (κ1) is 51.2. The van der Waals surface area contributed by atoms with E-state index in [1.54, 1.807) is 25.2 Å². The van der Waals surface area contributed by atoms with Crippen molar-refractivity contribution in [2.45, 2.75) is 148 Å². The molecule has 1 aliphatic heterocycles. The zero-order chi connectivity index (χ0) is 46.0. The largest absolute Gasteiger partial charge is 0.403 e. The van der Waals surface area contributed by atoms with Gasteiger partial charge in [-0.25, -0.2) is 0 Å². The van der Waals surface area contributed by atoms with Crippen molar-refractivity contribution in [1.82, 2.24) is 36.0 Å². The molecule has 1 heterocycles. The molecule has 1 aromatic rings. The molecule has 1 aromatic carbocycles. The topological polar surface area (TPSA) is 177 Å². The van der Waals surface area contributed by atoms with Crippen LogP contribution in [0.15, 0.2) is 18.2 Å². The maximum atomic E-state index is 14.4. The van der Waals surface area contributed by atoms with Crippen molar-refractivity contribution in [3.8, 4) is 0 Å². The number of amides is 7. The molecule has 1 saturated carbocycles. The summed E-state index contributed by atoms with van der Waals surface area (Å²) in [5.74, 6) is -5.33. The van der Waals surface area contributed by atoms with Gasteiger partial charge in [0.15, 0.2) is 0 Å². The van der Waals surface area contributed by atoms with Crippen LogP contribution in [0, 0.1) is 11.3 Å². The van der Waals surface area contributed by atoms with E-state index in [2.05, 4.69) is 21.3 Å². The Balaban J connectivity index is 1.92. The highest BCUT2D eigenvalue weighted by Crippen LogP contribution is 2.49. The number of nitrogens with zero attached hydrogens (tertiary/aromatic N) is 3. The number of nitrogens with one attached hydrogen (secondary N) is 4. The van der Waals surface area contributed by atoms with E-state index in [0.29, 0.717) is 34.9 Å². The number of carbonyl (C=O) groups is 7. The van der Waals surface area contributed by atoms with Crippen LogP contribution in [0.5, 0.6) is 0 Å². The normalized spacial score (nSPS) is 23.4. The van der Waals surface area contributed by atoms with Gasteiger partial charge in [0.2, 0.25) is 41.4 Å². The van der Waals surface area contributed by atoms with Crippen molar-refractivity contribution in [3.05, 3.63) is 33.8 Å². The SMILES string of the molecule is CC[C@H](NC(=O)C1(C(F)(F)F)CCCCC1)C(=O)N[C@@H](C)C(=O)N(C)[C@H]1CCCCN(C)C(=O)[C@@H](C)NC(=O)[C@H](Cc2cc(Cl)ccc2Cl)N(C)C(=O)[C@H](CC(C)C)NC1=O. The Bertz CT molecular complexity index is 1760. The molecule has 1 saturated heterocycles. The molecule has 2 fully saturated rings. The smallest absolute Gasteiger partial charge is 0.344 e. The lowest BCUT2D eigenvalue weighted by atomic mass is 9.72. The summed E-state index contributed by atoms with van der Waals surface area (Å²) >= 11 is 12.7. The molecule has 0 spiro atoms. The lowest BCUT2D eigenvalue weighted by Gasteiger charge is -2.38. The molecule has 6 atom stereocenters. The van der Waals surface area contributed by atoms with E-state index in [0.717, 1.165) is 4.90 Å². The van der Waals surface area contributed by atoms with Crippen molar-refractivity contribution >= 4 is 64.6 Å². The van der Waals surface area contributed by atoms with E-state index in [1.807, 2.05) is 13.8 Å². The third kappa shape index (κ3) is 13.2. The Hall–Kier alpha value is -4.12. The van der Waals surface area contributed by atoms with Gasteiger partial charge in [0.25, 0.3) is 0 Å². The molecule has 19 heteroatoms. The molecular formula is C42H62Cl2F3N7O7. The minimum atomic E-state index is -4.82. The highest BCUT2D eigenvalue weighted by Gasteiger charge is 2.60. The highest BCUT2D eigenvalue weighted by atomic mass is 35.5. The van der Waals surface area contributed by atoms with Gasteiger partial charge in [-0.1, -0.05) is 63.2 Å². The predicted molar refractivity (Wildman–Crippen MR) is 225 cm³/mol. The van der Waals surface area contributed by atoms with Gasteiger partial charge in [-0.3, -0.25) is 33.6 Å². The third-order valence-electron chi connectivity index (χ3n) is 11.7. The highest BCUT2D eigenvalue weighted by molar-refractivity contribution is 6.33. The van der Waals surface area contributed by atoms with E-state index in [-0.39, 0.29) is 63.8 Å². The second-order valence-electron chi connectivity index (χ2n) is 16.9. The molecule has 14 nitrogen and oxygen atoms in total. The van der Waals surface area contributed by atoms with Crippen LogP contribution in [0.25, 0.3) is 0 Å². The average Bonchev–Trinajstić information content (AvgIpc) is 3.20. The molecule has 2 aliphatic rings. The van der Waals surface area contributed by atoms with E-state index >= 15 is 0 Å². The third-order valence-corrected chi connectivity index (χ3v) is 12.4. The van der Waals surface area contributed by atoms with E-state index in [1.165, 1.54) is 44.7 Å². The number of benzene rings is 1. The van der Waals surface area contributed by atoms with E-state index in [9.17, 15) is 46.7 Å². The minimum absolute atomic E-state index is 0.0582. The zero-order valence-corrected chi connectivity index (χ0v) is 37.9. The standard InChI is InChI=1S/C42H62Cl2F3N7O7/c1-9-30(51-40(61)41(42(45,46)47)18-12-10-13-19-41)34(55)48-26(5)38(59)53(7)32-15-11-14-20-52(6)37(58)25(4)49-36(57)33(23-27-22-28(43)16-17-29(27)44)54(8)39(60)31(21-24(2)3)50-35(32)56/h16-17,22,24-26,30-33H,9-15,18-21,23H2,1-8H3,(H,48,55)(H,49,57)(H,50,56)(H,51,61)/t25-,26+,30+,31+,32+,33+/m1/s1. The predicted octanol–water partition coefficient (Wildman–Crippen LogP) is 4.78. The Morgan fingerprint density at radius 3 is 2.16 bits per heavy atom. The number of carbonyl (C=O) groups excluding carboxylic acids is 7. The summed E-state index contributed by atoms with van der Waals surface area (Å²) in [5, 5.41) is 11.0. The minimum Gasteiger partial charge on any atom is -0.344 e. The maximum Gasteiger partial charge on any atom is 0.403 e. The van der Waals surface area contributed by atoms with E-state index < -0.39 is 89.2 Å². The van der Waals surface area contributed by atoms with Crippen LogP contribution in [0.3, 0.4) is 0 Å². The molecule has 0 bridgehead atoms. The zero-order valence-electron chi connectivity index (χ0n) is 36.3. The fourth-order valence-electron chi connectivity index (χ4n) is 7.95. The molecule has 1 aliphatic carbocycles. The lowest BCUT2D eigenvalue weighted by molar-refractivity contribution is -0.230. The molecule has 7 amide bonds. The second kappa shape index (κ2) is 22.3. The fraction of sp³-hybridized carbons (Fsp3) is 0.690. The molecule has 4 N–H and O–H groups in total. The summed E-state index contributed by atoms with van der Waals surface area (Å²) in [7, 11) is 4.34. The van der Waals surface area contributed by atoms with Crippen molar-refractivity contribution < 1.29 is 46.7 Å². The van der Waals surface area contributed by atoms with Gasteiger partial charge in [-0.15, -0.1) is 0 Å². The van der Waals surface area contributed by atoms with E-state index in [4.69, 9.17) is 23.2 Å². The molecule has 342 valence electrons. The van der Waals surface area contributed by atoms with Crippen molar-refractivity contribution in [1.29, 1.82) is 0 Å². The number of alkyl halides is 3. The van der Waals surface area contributed by atoms with Gasteiger partial charge in [-0.2, -0.15) is 13.2 Å². The quantitative estimate of drug-likeness (QED) is 0.247. The lowest BCUT2D eigenvalue weighted by Crippen LogP contribution is -2.60. The first-order valence-electron chi connectivity index (χ1n) is 21.0. The van der Waals surface area contributed by atoms with Gasteiger partial charge in [-0.05, 0) is 88.5 Å². The first-order chi connectivity index (χ1) is 28.4. The van der Waals surface area contributed by atoms with Gasteiger partial charge >= 0.3 is 6.18 Å². The maximum absolute atomic E-state index is 14.4. The van der Waals surface area contributed by atoms with Crippen LogP contribution in [-0.4, -0.2) is 126 Å². The Kier molecular flexibility index (Phi) is 18.7. The van der Waals surface area contributed by atoms with Crippen LogP contribution in [0.1, 0.15) is 104 Å².